The summed E-state index contributed by atoms with van der Waals surface area (Å²) in [6.07, 6.45) is -1.37. The van der Waals surface area contributed by atoms with E-state index in [-0.39, 0.29) is 50.4 Å². The molecule has 0 saturated carbocycles. The number of aromatic nitrogens is 2. The van der Waals surface area contributed by atoms with Gasteiger partial charge in [0.15, 0.2) is 5.96 Å². The molecule has 24 nitrogen and oxygen atoms in total. The van der Waals surface area contributed by atoms with E-state index in [4.69, 9.17) is 27.4 Å². The van der Waals surface area contributed by atoms with Gasteiger partial charge in [-0.3, -0.25) is 33.8 Å². The van der Waals surface area contributed by atoms with Gasteiger partial charge >= 0.3 is 11.9 Å². The minimum Gasteiger partial charge on any atom is -0.481 e. The predicted molar refractivity (Wildman–Crippen MR) is 195 cm³/mol. The van der Waals surface area contributed by atoms with Crippen molar-refractivity contribution in [3.05, 3.63) is 18.2 Å². The van der Waals surface area contributed by atoms with Crippen LogP contribution in [0.2, 0.25) is 0 Å². The van der Waals surface area contributed by atoms with Crippen molar-refractivity contribution in [2.45, 2.75) is 108 Å². The van der Waals surface area contributed by atoms with E-state index in [1.807, 2.05) is 0 Å². The summed E-state index contributed by atoms with van der Waals surface area (Å²) in [7, 11) is 0. The maximum Gasteiger partial charge on any atom is 0.326 e. The lowest BCUT2D eigenvalue weighted by atomic mass is 10.0. The Morgan fingerprint density at radius 1 is 0.786 bits per heavy atom. The maximum absolute atomic E-state index is 13.5. The van der Waals surface area contributed by atoms with E-state index in [1.54, 1.807) is 13.8 Å². The summed E-state index contributed by atoms with van der Waals surface area (Å²) in [5.74, 6) is -8.13. The van der Waals surface area contributed by atoms with Gasteiger partial charge in [-0.1, -0.05) is 13.8 Å². The molecule has 0 aromatic carbocycles. The molecule has 0 fully saturated rings. The Balaban J connectivity index is 3.23. The second-order valence-corrected chi connectivity index (χ2v) is 13.2. The molecule has 2 unspecified atom stereocenters. The van der Waals surface area contributed by atoms with E-state index in [0.717, 1.165) is 0 Å². The molecule has 0 aliphatic carbocycles. The summed E-state index contributed by atoms with van der Waals surface area (Å²) in [4.78, 5) is 96.8. The zero-order valence-corrected chi connectivity index (χ0v) is 31.3. The zero-order chi connectivity index (χ0) is 42.7. The summed E-state index contributed by atoms with van der Waals surface area (Å²) in [5.41, 5.74) is 16.3. The number of aliphatic carboxylic acids is 2. The SMILES string of the molecule is CC(C)[C@H](NC(=O)[C@H](CCC(=O)O)NC(=O)[C@@H](N)CO)C(=O)N[C@@H](C)C(=O)N[C@@H](Cc1cn(CC(O)C(O)CO)cn1)C(=O)N[C@@H](CCCN=C(N)N)C(=O)O. The third-order valence-electron chi connectivity index (χ3n) is 8.13. The van der Waals surface area contributed by atoms with Gasteiger partial charge in [-0.25, -0.2) is 9.78 Å². The number of aliphatic hydroxyl groups excluding tert-OH is 4. The van der Waals surface area contributed by atoms with Gasteiger partial charge in [-0.05, 0) is 32.1 Å². The van der Waals surface area contributed by atoms with Gasteiger partial charge in [-0.2, -0.15) is 0 Å². The van der Waals surface area contributed by atoms with E-state index in [0.29, 0.717) is 0 Å². The molecule has 0 spiro atoms. The monoisotopic (exact) mass is 801 g/mol. The number of carboxylic acids is 2. The normalized spacial score (nSPS) is 15.4. The first-order valence-corrected chi connectivity index (χ1v) is 17.6. The summed E-state index contributed by atoms with van der Waals surface area (Å²) < 4.78 is 1.35. The lowest BCUT2D eigenvalue weighted by molar-refractivity contribution is -0.142. The van der Waals surface area contributed by atoms with Gasteiger partial charge in [0.05, 0.1) is 37.9 Å². The van der Waals surface area contributed by atoms with Crippen molar-refractivity contribution in [1.82, 2.24) is 36.1 Å². The quantitative estimate of drug-likeness (QED) is 0.0235. The summed E-state index contributed by atoms with van der Waals surface area (Å²) in [6, 6.07) is -8.49. The second kappa shape index (κ2) is 24.2. The molecule has 0 radical (unpaired) electrons. The van der Waals surface area contributed by atoms with Crippen LogP contribution in [-0.2, 0) is 46.5 Å². The first kappa shape index (κ1) is 48.6. The fourth-order valence-electron chi connectivity index (χ4n) is 4.88. The highest BCUT2D eigenvalue weighted by Gasteiger charge is 2.33. The highest BCUT2D eigenvalue weighted by atomic mass is 16.4. The number of rotatable bonds is 26. The number of carbonyl (C=O) groups excluding carboxylic acids is 5. The molecule has 316 valence electrons. The number of guanidine groups is 1. The molecular formula is C32H55N11O13. The molecule has 1 rings (SSSR count). The van der Waals surface area contributed by atoms with E-state index < -0.39 is 115 Å². The summed E-state index contributed by atoms with van der Waals surface area (Å²) in [6.45, 7) is 2.78. The van der Waals surface area contributed by atoms with Crippen LogP contribution in [0, 0.1) is 5.92 Å². The molecule has 8 atom stereocenters. The smallest absolute Gasteiger partial charge is 0.326 e. The predicted octanol–water partition coefficient (Wildman–Crippen LogP) is -6.44. The number of aliphatic imine (C=N–C) groups is 1. The van der Waals surface area contributed by atoms with Crippen LogP contribution in [0.4, 0.5) is 0 Å². The average Bonchev–Trinajstić information content (AvgIpc) is 3.57. The molecule has 56 heavy (non-hydrogen) atoms. The number of amides is 5. The maximum atomic E-state index is 13.5. The number of nitrogens with two attached hydrogens (primary N) is 3. The lowest BCUT2D eigenvalue weighted by Gasteiger charge is -2.27. The van der Waals surface area contributed by atoms with Gasteiger partial charge in [0.1, 0.15) is 42.4 Å². The second-order valence-electron chi connectivity index (χ2n) is 13.2. The minimum absolute atomic E-state index is 0.0704. The zero-order valence-electron chi connectivity index (χ0n) is 31.3. The standard InChI is InChI=1S/C32H55N11O13/c1-15(2)25(42-28(52)19(6-7-24(48)49)39-27(51)18(33)12-44)30(54)38-16(3)26(50)41-21(9-17-10-43(14-37-17)11-22(46)23(47)13-45)29(53)40-20(31(55)56)5-4-8-36-32(34)35/h10,14-16,18-23,25,44-47H,4-9,11-13,33H2,1-3H3,(H,38,54)(H,39,51)(H,40,53)(H,41,50)(H,42,52)(H,48,49)(H,55,56)(H4,34,35,36)/t16-,18-,19-,20-,21-,22?,23?,25-/m0/s1. The van der Waals surface area contributed by atoms with Crippen LogP contribution < -0.4 is 43.8 Å². The van der Waals surface area contributed by atoms with Gasteiger partial charge < -0.3 is 79.0 Å². The minimum atomic E-state index is -1.48. The highest BCUT2D eigenvalue weighted by molar-refractivity contribution is 5.96. The van der Waals surface area contributed by atoms with Crippen molar-refractivity contribution in [3.8, 4) is 0 Å². The van der Waals surface area contributed by atoms with Crippen molar-refractivity contribution >= 4 is 47.4 Å². The number of hydrogen-bond acceptors (Lipinski definition) is 14. The number of nitrogens with zero attached hydrogens (tertiary/aromatic N) is 3. The summed E-state index contributed by atoms with van der Waals surface area (Å²) in [5, 5.41) is 68.8. The van der Waals surface area contributed by atoms with Gasteiger partial charge in [0.2, 0.25) is 29.5 Å². The van der Waals surface area contributed by atoms with E-state index in [2.05, 4.69) is 36.6 Å². The number of aliphatic hydroxyl groups is 4. The number of hydrogen-bond donors (Lipinski definition) is 14. The van der Waals surface area contributed by atoms with Crippen molar-refractivity contribution in [2.24, 2.45) is 28.1 Å². The van der Waals surface area contributed by atoms with Gasteiger partial charge in [-0.15, -0.1) is 0 Å². The van der Waals surface area contributed by atoms with Crippen molar-refractivity contribution < 1.29 is 64.2 Å². The molecule has 1 aromatic heterocycles. The van der Waals surface area contributed by atoms with Crippen LogP contribution in [0.25, 0.3) is 0 Å². The Labute approximate surface area is 321 Å². The lowest BCUT2D eigenvalue weighted by Crippen LogP contribution is -2.60. The third kappa shape index (κ3) is 17.4. The molecule has 0 bridgehead atoms. The Hall–Kier alpha value is -5.43. The summed E-state index contributed by atoms with van der Waals surface area (Å²) >= 11 is 0. The number of carboxylic acid groups (broad SMARTS) is 2. The Morgan fingerprint density at radius 2 is 1.39 bits per heavy atom. The van der Waals surface area contributed by atoms with Crippen molar-refractivity contribution in [1.29, 1.82) is 0 Å². The number of imidazole rings is 1. The molecule has 5 amide bonds. The van der Waals surface area contributed by atoms with Crippen LogP contribution in [0.3, 0.4) is 0 Å². The molecule has 0 saturated heterocycles. The van der Waals surface area contributed by atoms with Crippen LogP contribution >= 0.6 is 0 Å². The van der Waals surface area contributed by atoms with Gasteiger partial charge in [0.25, 0.3) is 0 Å². The first-order chi connectivity index (χ1) is 26.2. The average molecular weight is 802 g/mol. The van der Waals surface area contributed by atoms with Crippen LogP contribution in [0.5, 0.6) is 0 Å². The third-order valence-corrected chi connectivity index (χ3v) is 8.13. The Morgan fingerprint density at radius 3 is 1.95 bits per heavy atom. The molecule has 1 heterocycles. The largest absolute Gasteiger partial charge is 0.481 e. The van der Waals surface area contributed by atoms with Crippen LogP contribution in [-0.4, -0.2) is 156 Å². The first-order valence-electron chi connectivity index (χ1n) is 17.6. The van der Waals surface area contributed by atoms with Crippen molar-refractivity contribution in [2.75, 3.05) is 19.8 Å². The van der Waals surface area contributed by atoms with Gasteiger partial charge in [0, 0.05) is 25.6 Å². The van der Waals surface area contributed by atoms with E-state index in [1.165, 1.54) is 24.0 Å². The molecule has 0 aliphatic rings. The molecular weight excluding hydrogens is 746 g/mol. The topological polar surface area (TPSA) is 409 Å². The molecule has 17 N–H and O–H groups in total. The van der Waals surface area contributed by atoms with Crippen LogP contribution in [0.1, 0.15) is 52.1 Å². The Bertz CT molecular complexity index is 1520. The highest BCUT2D eigenvalue weighted by Crippen LogP contribution is 2.09. The number of carbonyl (C=O) groups is 7. The molecule has 1 aromatic rings. The molecule has 24 heteroatoms. The van der Waals surface area contributed by atoms with Crippen molar-refractivity contribution in [3.63, 3.8) is 0 Å². The van der Waals surface area contributed by atoms with E-state index in [9.17, 15) is 54.0 Å². The Kier molecular flexibility index (Phi) is 21.0. The molecule has 0 aliphatic heterocycles. The fourth-order valence-corrected chi connectivity index (χ4v) is 4.88. The van der Waals surface area contributed by atoms with E-state index >= 15 is 0 Å². The fraction of sp³-hybridized carbons (Fsp3) is 0.656. The van der Waals surface area contributed by atoms with Crippen LogP contribution in [0.15, 0.2) is 17.5 Å². The number of nitrogens with one attached hydrogen (secondary N) is 5.